The van der Waals surface area contributed by atoms with Crippen molar-refractivity contribution < 1.29 is 4.74 Å². The monoisotopic (exact) mass is 275 g/mol. The summed E-state index contributed by atoms with van der Waals surface area (Å²) < 4.78 is 5.62. The first kappa shape index (κ1) is 14.7. The van der Waals surface area contributed by atoms with Crippen LogP contribution in [-0.2, 0) is 6.54 Å². The highest BCUT2D eigenvalue weighted by atomic mass is 16.5. The lowest BCUT2D eigenvalue weighted by molar-refractivity contribution is 0.242. The Morgan fingerprint density at radius 1 is 1.20 bits per heavy atom. The van der Waals surface area contributed by atoms with Crippen molar-refractivity contribution in [1.29, 1.82) is 0 Å². The molecule has 0 saturated carbocycles. The van der Waals surface area contributed by atoms with E-state index in [1.807, 2.05) is 38.1 Å². The number of piperidine rings is 1. The Morgan fingerprint density at radius 3 is 2.45 bits per heavy atom. The van der Waals surface area contributed by atoms with Gasteiger partial charge in [0.2, 0.25) is 0 Å². The summed E-state index contributed by atoms with van der Waals surface area (Å²) in [6.07, 6.45) is 3.95. The van der Waals surface area contributed by atoms with Crippen LogP contribution in [0.2, 0.25) is 0 Å². The van der Waals surface area contributed by atoms with Crippen LogP contribution in [0.1, 0.15) is 38.7 Å². The predicted octanol–water partition coefficient (Wildman–Crippen LogP) is 2.77. The normalized spacial score (nSPS) is 16.6. The average molecular weight is 275 g/mol. The van der Waals surface area contributed by atoms with Gasteiger partial charge in [-0.15, -0.1) is 0 Å². The number of guanidine groups is 1. The second kappa shape index (κ2) is 7.17. The summed E-state index contributed by atoms with van der Waals surface area (Å²) in [6.45, 7) is 6.76. The molecule has 1 aromatic carbocycles. The van der Waals surface area contributed by atoms with Crippen LogP contribution in [0.5, 0.6) is 5.75 Å². The minimum absolute atomic E-state index is 0.202. The van der Waals surface area contributed by atoms with E-state index in [-0.39, 0.29) is 6.10 Å². The lowest BCUT2D eigenvalue weighted by Crippen LogP contribution is -2.40. The Morgan fingerprint density at radius 2 is 1.85 bits per heavy atom. The van der Waals surface area contributed by atoms with Crippen molar-refractivity contribution in [2.45, 2.75) is 45.8 Å². The van der Waals surface area contributed by atoms with Crippen LogP contribution in [0.3, 0.4) is 0 Å². The van der Waals surface area contributed by atoms with Crippen LogP contribution < -0.4 is 10.5 Å². The number of benzene rings is 1. The lowest BCUT2D eigenvalue weighted by atomic mass is 10.1. The van der Waals surface area contributed by atoms with Gasteiger partial charge >= 0.3 is 0 Å². The summed E-state index contributed by atoms with van der Waals surface area (Å²) in [5, 5.41) is 0. The van der Waals surface area contributed by atoms with Gasteiger partial charge in [-0.25, -0.2) is 4.99 Å². The number of hydrogen-bond donors (Lipinski definition) is 1. The largest absolute Gasteiger partial charge is 0.491 e. The maximum Gasteiger partial charge on any atom is 0.191 e. The smallest absolute Gasteiger partial charge is 0.191 e. The van der Waals surface area contributed by atoms with Crippen molar-refractivity contribution in [1.82, 2.24) is 4.90 Å². The summed E-state index contributed by atoms with van der Waals surface area (Å²) in [5.74, 6) is 1.57. The second-order valence-corrected chi connectivity index (χ2v) is 5.53. The van der Waals surface area contributed by atoms with E-state index in [4.69, 9.17) is 10.5 Å². The fourth-order valence-electron chi connectivity index (χ4n) is 2.34. The number of ether oxygens (including phenoxy) is 1. The number of aliphatic imine (C=N–C) groups is 1. The van der Waals surface area contributed by atoms with Gasteiger partial charge in [0.25, 0.3) is 0 Å². The Labute approximate surface area is 121 Å². The first-order valence-electron chi connectivity index (χ1n) is 7.45. The Kier molecular flexibility index (Phi) is 5.27. The third-order valence-corrected chi connectivity index (χ3v) is 3.40. The van der Waals surface area contributed by atoms with Crippen molar-refractivity contribution >= 4 is 5.96 Å². The number of rotatable bonds is 4. The van der Waals surface area contributed by atoms with Crippen LogP contribution in [0.4, 0.5) is 0 Å². The van der Waals surface area contributed by atoms with Crippen LogP contribution in [0.25, 0.3) is 0 Å². The van der Waals surface area contributed by atoms with Gasteiger partial charge in [0.05, 0.1) is 12.6 Å². The molecule has 110 valence electrons. The van der Waals surface area contributed by atoms with E-state index in [1.165, 1.54) is 19.3 Å². The van der Waals surface area contributed by atoms with E-state index in [0.717, 1.165) is 24.4 Å². The Bertz CT molecular complexity index is 434. The molecule has 0 radical (unpaired) electrons. The maximum atomic E-state index is 6.04. The summed E-state index contributed by atoms with van der Waals surface area (Å²) in [6, 6.07) is 8.07. The Hall–Kier alpha value is -1.71. The summed E-state index contributed by atoms with van der Waals surface area (Å²) >= 11 is 0. The van der Waals surface area contributed by atoms with Gasteiger partial charge in [0, 0.05) is 13.1 Å². The van der Waals surface area contributed by atoms with Crippen molar-refractivity contribution in [3.05, 3.63) is 29.8 Å². The zero-order valence-corrected chi connectivity index (χ0v) is 12.5. The number of nitrogens with zero attached hydrogens (tertiary/aromatic N) is 2. The van der Waals surface area contributed by atoms with Gasteiger partial charge < -0.3 is 15.4 Å². The van der Waals surface area contributed by atoms with Crippen LogP contribution in [0.15, 0.2) is 29.3 Å². The minimum atomic E-state index is 0.202. The molecule has 2 N–H and O–H groups in total. The van der Waals surface area contributed by atoms with E-state index in [0.29, 0.717) is 12.5 Å². The van der Waals surface area contributed by atoms with Gasteiger partial charge in [0.15, 0.2) is 5.96 Å². The van der Waals surface area contributed by atoms with Crippen molar-refractivity contribution in [3.8, 4) is 5.75 Å². The molecule has 0 atom stereocenters. The summed E-state index contributed by atoms with van der Waals surface area (Å²) in [7, 11) is 0. The number of nitrogens with two attached hydrogens (primary N) is 1. The topological polar surface area (TPSA) is 50.9 Å². The average Bonchev–Trinajstić information content (AvgIpc) is 2.46. The summed E-state index contributed by atoms with van der Waals surface area (Å²) in [4.78, 5) is 6.67. The minimum Gasteiger partial charge on any atom is -0.491 e. The fourth-order valence-corrected chi connectivity index (χ4v) is 2.34. The SMILES string of the molecule is CC(C)Oc1ccc(CN=C(N)N2CCCCC2)cc1. The van der Waals surface area contributed by atoms with E-state index in [1.54, 1.807) is 0 Å². The van der Waals surface area contributed by atoms with Crippen LogP contribution >= 0.6 is 0 Å². The van der Waals surface area contributed by atoms with E-state index < -0.39 is 0 Å². The highest BCUT2D eigenvalue weighted by molar-refractivity contribution is 5.78. The molecule has 4 nitrogen and oxygen atoms in total. The molecule has 0 spiro atoms. The Balaban J connectivity index is 1.89. The molecule has 2 rings (SSSR count). The van der Waals surface area contributed by atoms with Gasteiger partial charge in [-0.1, -0.05) is 12.1 Å². The van der Waals surface area contributed by atoms with E-state index in [2.05, 4.69) is 9.89 Å². The standard InChI is InChI=1S/C16H25N3O/c1-13(2)20-15-8-6-14(7-9-15)12-18-16(17)19-10-4-3-5-11-19/h6-9,13H,3-5,10-12H2,1-2H3,(H2,17,18). The molecule has 1 saturated heterocycles. The lowest BCUT2D eigenvalue weighted by Gasteiger charge is -2.27. The number of hydrogen-bond acceptors (Lipinski definition) is 2. The molecule has 1 aromatic rings. The quantitative estimate of drug-likeness (QED) is 0.679. The van der Waals surface area contributed by atoms with E-state index >= 15 is 0 Å². The fraction of sp³-hybridized carbons (Fsp3) is 0.562. The van der Waals surface area contributed by atoms with Gasteiger partial charge in [-0.05, 0) is 50.8 Å². The van der Waals surface area contributed by atoms with Crippen molar-refractivity contribution in [2.75, 3.05) is 13.1 Å². The maximum absolute atomic E-state index is 6.04. The molecule has 0 unspecified atom stereocenters. The van der Waals surface area contributed by atoms with Crippen LogP contribution in [0, 0.1) is 0 Å². The predicted molar refractivity (Wildman–Crippen MR) is 83.0 cm³/mol. The molecular weight excluding hydrogens is 250 g/mol. The zero-order valence-electron chi connectivity index (χ0n) is 12.5. The molecule has 0 aromatic heterocycles. The van der Waals surface area contributed by atoms with Gasteiger partial charge in [-0.3, -0.25) is 0 Å². The molecule has 4 heteroatoms. The molecule has 20 heavy (non-hydrogen) atoms. The molecule has 1 aliphatic rings. The molecule has 1 heterocycles. The van der Waals surface area contributed by atoms with Crippen molar-refractivity contribution in [3.63, 3.8) is 0 Å². The summed E-state index contributed by atoms with van der Waals surface area (Å²) in [5.41, 5.74) is 7.20. The molecule has 1 aliphatic heterocycles. The zero-order chi connectivity index (χ0) is 14.4. The molecular formula is C16H25N3O. The molecule has 1 fully saturated rings. The van der Waals surface area contributed by atoms with Gasteiger partial charge in [-0.2, -0.15) is 0 Å². The third-order valence-electron chi connectivity index (χ3n) is 3.40. The molecule has 0 bridgehead atoms. The van der Waals surface area contributed by atoms with Crippen molar-refractivity contribution in [2.24, 2.45) is 10.7 Å². The first-order valence-corrected chi connectivity index (χ1v) is 7.45. The molecule has 0 amide bonds. The first-order chi connectivity index (χ1) is 9.65. The molecule has 0 aliphatic carbocycles. The number of likely N-dealkylation sites (tertiary alicyclic amines) is 1. The second-order valence-electron chi connectivity index (χ2n) is 5.53. The van der Waals surface area contributed by atoms with Crippen LogP contribution in [-0.4, -0.2) is 30.1 Å². The third kappa shape index (κ3) is 4.44. The highest BCUT2D eigenvalue weighted by Crippen LogP contribution is 2.14. The van der Waals surface area contributed by atoms with E-state index in [9.17, 15) is 0 Å². The highest BCUT2D eigenvalue weighted by Gasteiger charge is 2.11. The van der Waals surface area contributed by atoms with Gasteiger partial charge in [0.1, 0.15) is 5.75 Å².